The predicted molar refractivity (Wildman–Crippen MR) is 86.9 cm³/mol. The molecular weight excluding hydrogens is 284 g/mol. The summed E-state index contributed by atoms with van der Waals surface area (Å²) in [6.07, 6.45) is 0. The van der Waals surface area contributed by atoms with Gasteiger partial charge in [-0.05, 0) is 19.1 Å². The number of halogens is 1. The third kappa shape index (κ3) is 3.06. The molecule has 0 spiro atoms. The van der Waals surface area contributed by atoms with Gasteiger partial charge in [-0.1, -0.05) is 29.8 Å². The van der Waals surface area contributed by atoms with Crippen molar-refractivity contribution in [3.8, 4) is 0 Å². The van der Waals surface area contributed by atoms with E-state index in [0.29, 0.717) is 0 Å². The first kappa shape index (κ1) is 14.4. The fourth-order valence-corrected chi connectivity index (χ4v) is 3.11. The number of piperazine rings is 1. The van der Waals surface area contributed by atoms with E-state index in [9.17, 15) is 0 Å². The van der Waals surface area contributed by atoms with Gasteiger partial charge in [0, 0.05) is 51.0 Å². The van der Waals surface area contributed by atoms with Gasteiger partial charge in [0.05, 0.1) is 5.69 Å². The number of aromatic nitrogens is 2. The molecule has 2 heterocycles. The van der Waals surface area contributed by atoms with E-state index in [1.165, 1.54) is 5.69 Å². The summed E-state index contributed by atoms with van der Waals surface area (Å²) in [5.41, 5.74) is 3.51. The number of aryl methyl sites for hydroxylation is 2. The number of rotatable bonds is 3. The molecule has 5 heteroatoms. The van der Waals surface area contributed by atoms with Crippen LogP contribution >= 0.6 is 11.6 Å². The van der Waals surface area contributed by atoms with Crippen LogP contribution in [0.5, 0.6) is 0 Å². The van der Waals surface area contributed by atoms with Crippen molar-refractivity contribution in [2.45, 2.75) is 13.5 Å². The Labute approximate surface area is 130 Å². The van der Waals surface area contributed by atoms with E-state index in [1.807, 2.05) is 14.0 Å². The second kappa shape index (κ2) is 6.08. The van der Waals surface area contributed by atoms with E-state index in [-0.39, 0.29) is 0 Å². The van der Waals surface area contributed by atoms with Gasteiger partial charge in [-0.2, -0.15) is 5.10 Å². The lowest BCUT2D eigenvalue weighted by atomic mass is 10.2. The van der Waals surface area contributed by atoms with Crippen LogP contribution in [-0.2, 0) is 13.6 Å². The van der Waals surface area contributed by atoms with Gasteiger partial charge in [0.2, 0.25) is 0 Å². The first-order valence-corrected chi connectivity index (χ1v) is 7.73. The standard InChI is InChI=1S/C16H21ClN4/c1-13-15(16(17)19(2)18-13)12-20-8-10-21(11-9-20)14-6-4-3-5-7-14/h3-7H,8-12H2,1-2H3. The van der Waals surface area contributed by atoms with Crippen molar-refractivity contribution in [3.63, 3.8) is 0 Å². The Balaban J connectivity index is 1.61. The maximum Gasteiger partial charge on any atom is 0.131 e. The zero-order valence-electron chi connectivity index (χ0n) is 12.6. The lowest BCUT2D eigenvalue weighted by Crippen LogP contribution is -2.46. The highest BCUT2D eigenvalue weighted by molar-refractivity contribution is 6.30. The monoisotopic (exact) mass is 304 g/mol. The van der Waals surface area contributed by atoms with Gasteiger partial charge in [0.15, 0.2) is 0 Å². The van der Waals surface area contributed by atoms with E-state index in [4.69, 9.17) is 11.6 Å². The third-order valence-electron chi connectivity index (χ3n) is 4.15. The van der Waals surface area contributed by atoms with Crippen LogP contribution in [0.2, 0.25) is 5.15 Å². The van der Waals surface area contributed by atoms with Gasteiger partial charge in [-0.3, -0.25) is 9.58 Å². The van der Waals surface area contributed by atoms with E-state index in [1.54, 1.807) is 4.68 Å². The summed E-state index contributed by atoms with van der Waals surface area (Å²) in [5, 5.41) is 5.15. The third-order valence-corrected chi connectivity index (χ3v) is 4.62. The molecule has 112 valence electrons. The Morgan fingerprint density at radius 1 is 1.10 bits per heavy atom. The second-order valence-electron chi connectivity index (χ2n) is 5.58. The van der Waals surface area contributed by atoms with Crippen molar-refractivity contribution in [1.82, 2.24) is 14.7 Å². The van der Waals surface area contributed by atoms with Crippen LogP contribution in [0, 0.1) is 6.92 Å². The highest BCUT2D eigenvalue weighted by atomic mass is 35.5. The summed E-state index contributed by atoms with van der Waals surface area (Å²) in [4.78, 5) is 4.89. The van der Waals surface area contributed by atoms with E-state index >= 15 is 0 Å². The average molecular weight is 305 g/mol. The molecule has 1 fully saturated rings. The van der Waals surface area contributed by atoms with Crippen LogP contribution in [0.3, 0.4) is 0 Å². The molecule has 1 saturated heterocycles. The molecule has 1 aromatic heterocycles. The van der Waals surface area contributed by atoms with Gasteiger partial charge in [0.1, 0.15) is 5.15 Å². The van der Waals surface area contributed by atoms with Gasteiger partial charge in [-0.15, -0.1) is 0 Å². The van der Waals surface area contributed by atoms with Gasteiger partial charge in [-0.25, -0.2) is 0 Å². The fourth-order valence-electron chi connectivity index (χ4n) is 2.88. The Morgan fingerprint density at radius 3 is 2.33 bits per heavy atom. The molecule has 1 aromatic carbocycles. The van der Waals surface area contributed by atoms with Crippen LogP contribution in [0.4, 0.5) is 5.69 Å². The minimum Gasteiger partial charge on any atom is -0.369 e. The second-order valence-corrected chi connectivity index (χ2v) is 5.94. The minimum absolute atomic E-state index is 0.762. The maximum atomic E-state index is 6.32. The summed E-state index contributed by atoms with van der Waals surface area (Å²) < 4.78 is 1.76. The Bertz CT molecular complexity index is 600. The summed E-state index contributed by atoms with van der Waals surface area (Å²) in [6, 6.07) is 10.6. The quantitative estimate of drug-likeness (QED) is 0.871. The molecule has 1 aliphatic heterocycles. The first-order chi connectivity index (χ1) is 10.1. The molecule has 21 heavy (non-hydrogen) atoms. The molecule has 0 unspecified atom stereocenters. The maximum absolute atomic E-state index is 6.32. The molecule has 0 amide bonds. The number of hydrogen-bond donors (Lipinski definition) is 0. The molecular formula is C16H21ClN4. The number of nitrogens with zero attached hydrogens (tertiary/aromatic N) is 4. The Morgan fingerprint density at radius 2 is 1.76 bits per heavy atom. The molecule has 0 saturated carbocycles. The molecule has 0 atom stereocenters. The summed E-state index contributed by atoms with van der Waals surface area (Å²) in [5.74, 6) is 0. The van der Waals surface area contributed by atoms with Crippen molar-refractivity contribution in [3.05, 3.63) is 46.7 Å². The number of anilines is 1. The van der Waals surface area contributed by atoms with Gasteiger partial charge < -0.3 is 4.90 Å². The summed E-state index contributed by atoms with van der Waals surface area (Å²) >= 11 is 6.32. The Hall–Kier alpha value is -1.52. The minimum atomic E-state index is 0.762. The normalized spacial score (nSPS) is 16.4. The van der Waals surface area contributed by atoms with Crippen LogP contribution in [0.1, 0.15) is 11.3 Å². The van der Waals surface area contributed by atoms with Crippen molar-refractivity contribution in [2.75, 3.05) is 31.1 Å². The fraction of sp³-hybridized carbons (Fsp3) is 0.438. The molecule has 0 N–H and O–H groups in total. The van der Waals surface area contributed by atoms with E-state index in [2.05, 4.69) is 45.2 Å². The zero-order chi connectivity index (χ0) is 14.8. The highest BCUT2D eigenvalue weighted by Crippen LogP contribution is 2.22. The molecule has 1 aliphatic rings. The van der Waals surface area contributed by atoms with Crippen LogP contribution in [-0.4, -0.2) is 40.9 Å². The molecule has 4 nitrogen and oxygen atoms in total. The summed E-state index contributed by atoms with van der Waals surface area (Å²) in [6.45, 7) is 7.14. The highest BCUT2D eigenvalue weighted by Gasteiger charge is 2.20. The SMILES string of the molecule is Cc1nn(C)c(Cl)c1CN1CCN(c2ccccc2)CC1. The molecule has 0 aliphatic carbocycles. The van der Waals surface area contributed by atoms with Crippen molar-refractivity contribution in [1.29, 1.82) is 0 Å². The van der Waals surface area contributed by atoms with Crippen molar-refractivity contribution in [2.24, 2.45) is 7.05 Å². The van der Waals surface area contributed by atoms with Gasteiger partial charge >= 0.3 is 0 Å². The Kier molecular flexibility index (Phi) is 4.17. The number of para-hydroxylation sites is 1. The molecule has 3 rings (SSSR count). The molecule has 0 bridgehead atoms. The van der Waals surface area contributed by atoms with Crippen molar-refractivity contribution < 1.29 is 0 Å². The first-order valence-electron chi connectivity index (χ1n) is 7.35. The van der Waals surface area contributed by atoms with E-state index < -0.39 is 0 Å². The largest absolute Gasteiger partial charge is 0.369 e. The lowest BCUT2D eigenvalue weighted by molar-refractivity contribution is 0.249. The number of hydrogen-bond acceptors (Lipinski definition) is 3. The number of benzene rings is 1. The van der Waals surface area contributed by atoms with Crippen LogP contribution < -0.4 is 4.90 Å². The van der Waals surface area contributed by atoms with Crippen molar-refractivity contribution >= 4 is 17.3 Å². The topological polar surface area (TPSA) is 24.3 Å². The molecule has 0 radical (unpaired) electrons. The molecule has 2 aromatic rings. The smallest absolute Gasteiger partial charge is 0.131 e. The predicted octanol–water partition coefficient (Wildman–Crippen LogP) is 2.70. The lowest BCUT2D eigenvalue weighted by Gasteiger charge is -2.36. The van der Waals surface area contributed by atoms with Crippen LogP contribution in [0.25, 0.3) is 0 Å². The van der Waals surface area contributed by atoms with Gasteiger partial charge in [0.25, 0.3) is 0 Å². The van der Waals surface area contributed by atoms with Crippen LogP contribution in [0.15, 0.2) is 30.3 Å². The van der Waals surface area contributed by atoms with E-state index in [0.717, 1.165) is 49.1 Å². The summed E-state index contributed by atoms with van der Waals surface area (Å²) in [7, 11) is 1.90. The zero-order valence-corrected chi connectivity index (χ0v) is 13.3. The average Bonchev–Trinajstić information content (AvgIpc) is 2.75.